The summed E-state index contributed by atoms with van der Waals surface area (Å²) in [5, 5.41) is 0.505. The molecule has 1 aliphatic heterocycles. The van der Waals surface area contributed by atoms with Gasteiger partial charge in [-0.05, 0) is 23.8 Å². The first-order chi connectivity index (χ1) is 9.16. The first-order valence-electron chi connectivity index (χ1n) is 5.70. The largest absolute Gasteiger partial charge is 0.454 e. The zero-order chi connectivity index (χ0) is 13.4. The number of hydrogen-bond acceptors (Lipinski definition) is 2. The molecule has 0 aliphatic carbocycles. The van der Waals surface area contributed by atoms with Crippen molar-refractivity contribution in [2.75, 3.05) is 4.42 Å². The quantitative estimate of drug-likeness (QED) is 0.778. The number of para-hydroxylation sites is 2. The fraction of sp³-hybridized carbons (Fsp3) is 0.0714. The lowest BCUT2D eigenvalue weighted by atomic mass is 10.1. The van der Waals surface area contributed by atoms with Gasteiger partial charge in [-0.1, -0.05) is 35.9 Å². The van der Waals surface area contributed by atoms with Crippen molar-refractivity contribution in [2.24, 2.45) is 0 Å². The maximum absolute atomic E-state index is 11.6. The normalized spacial score (nSPS) is 13.6. The molecule has 0 saturated carbocycles. The maximum Gasteiger partial charge on any atom is 0.246 e. The number of fused-ring (bicyclic) bond motifs is 1. The Hall–Kier alpha value is -1.71. The zero-order valence-electron chi connectivity index (χ0n) is 9.77. The Labute approximate surface area is 120 Å². The Bertz CT molecular complexity index is 658. The number of hydrogen-bond donors (Lipinski definition) is 0. The van der Waals surface area contributed by atoms with Crippen LogP contribution in [0.5, 0.6) is 11.5 Å². The van der Waals surface area contributed by atoms with Crippen LogP contribution in [0.15, 0.2) is 42.5 Å². The van der Waals surface area contributed by atoms with E-state index >= 15 is 0 Å². The maximum atomic E-state index is 11.6. The van der Waals surface area contributed by atoms with Crippen LogP contribution in [0, 0.1) is 0 Å². The van der Waals surface area contributed by atoms with Crippen molar-refractivity contribution < 1.29 is 9.53 Å². The predicted octanol–water partition coefficient (Wildman–Crippen LogP) is 4.18. The fourth-order valence-electron chi connectivity index (χ4n) is 2.02. The molecule has 0 N–H and O–H groups in total. The molecule has 0 unspecified atom stereocenters. The third-order valence-electron chi connectivity index (χ3n) is 2.90. The van der Waals surface area contributed by atoms with Crippen LogP contribution in [0.25, 0.3) is 0 Å². The highest BCUT2D eigenvalue weighted by Gasteiger charge is 2.29. The second-order valence-electron chi connectivity index (χ2n) is 4.15. The van der Waals surface area contributed by atoms with E-state index in [1.54, 1.807) is 18.2 Å². The minimum atomic E-state index is -0.160. The molecule has 2 aromatic rings. The topological polar surface area (TPSA) is 29.5 Å². The van der Waals surface area contributed by atoms with Crippen LogP contribution in [-0.4, -0.2) is 5.91 Å². The minimum Gasteiger partial charge on any atom is -0.454 e. The van der Waals surface area contributed by atoms with Gasteiger partial charge in [-0.2, -0.15) is 0 Å². The summed E-state index contributed by atoms with van der Waals surface area (Å²) in [6.07, 6.45) is 0.290. The third kappa shape index (κ3) is 2.15. The molecule has 0 saturated heterocycles. The molecule has 3 rings (SSSR count). The fourth-order valence-corrected chi connectivity index (χ4v) is 2.44. The Morgan fingerprint density at radius 3 is 2.58 bits per heavy atom. The van der Waals surface area contributed by atoms with Crippen molar-refractivity contribution in [3.05, 3.63) is 53.1 Å². The third-order valence-corrected chi connectivity index (χ3v) is 3.57. The van der Waals surface area contributed by atoms with E-state index in [0.29, 0.717) is 28.6 Å². The van der Waals surface area contributed by atoms with Gasteiger partial charge in [-0.3, -0.25) is 4.79 Å². The molecule has 0 aromatic heterocycles. The molecule has 0 radical (unpaired) electrons. The van der Waals surface area contributed by atoms with Crippen molar-refractivity contribution >= 4 is 35.0 Å². The summed E-state index contributed by atoms with van der Waals surface area (Å²) in [5.41, 5.74) is 1.44. The van der Waals surface area contributed by atoms with E-state index in [0.717, 1.165) is 9.98 Å². The molecule has 3 nitrogen and oxygen atoms in total. The first kappa shape index (κ1) is 12.3. The van der Waals surface area contributed by atoms with Crippen LogP contribution >= 0.6 is 23.4 Å². The highest BCUT2D eigenvalue weighted by molar-refractivity contribution is 6.39. The summed E-state index contributed by atoms with van der Waals surface area (Å²) in [7, 11) is 0. The molecule has 1 amide bonds. The molecule has 0 fully saturated rings. The first-order valence-corrected chi connectivity index (χ1v) is 6.41. The molecule has 5 heteroatoms. The average Bonchev–Trinajstić information content (AvgIpc) is 2.69. The summed E-state index contributed by atoms with van der Waals surface area (Å²) in [5.74, 6) is 0.889. The van der Waals surface area contributed by atoms with Gasteiger partial charge in [0.2, 0.25) is 5.91 Å². The van der Waals surface area contributed by atoms with E-state index in [9.17, 15) is 4.79 Å². The van der Waals surface area contributed by atoms with E-state index in [-0.39, 0.29) is 5.91 Å². The Morgan fingerprint density at radius 2 is 1.79 bits per heavy atom. The number of rotatable bonds is 2. The molecular weight excluding hydrogens is 285 g/mol. The number of nitrogens with zero attached hydrogens (tertiary/aromatic N) is 1. The van der Waals surface area contributed by atoms with Crippen LogP contribution in [-0.2, 0) is 11.2 Å². The number of carbonyl (C=O) groups is 1. The number of carbonyl (C=O) groups excluding carboxylic acids is 1. The summed E-state index contributed by atoms with van der Waals surface area (Å²) in [6.45, 7) is 0. The number of halogens is 2. The lowest BCUT2D eigenvalue weighted by Gasteiger charge is -2.14. The average molecular weight is 294 g/mol. The molecule has 1 heterocycles. The summed E-state index contributed by atoms with van der Waals surface area (Å²) < 4.78 is 6.86. The van der Waals surface area contributed by atoms with Crippen molar-refractivity contribution in [3.8, 4) is 11.5 Å². The number of benzene rings is 2. The second-order valence-corrected chi connectivity index (χ2v) is 4.89. The second kappa shape index (κ2) is 4.76. The van der Waals surface area contributed by atoms with Gasteiger partial charge < -0.3 is 4.74 Å². The van der Waals surface area contributed by atoms with E-state index in [2.05, 4.69) is 0 Å². The van der Waals surface area contributed by atoms with Crippen LogP contribution in [0.2, 0.25) is 5.02 Å². The highest BCUT2D eigenvalue weighted by atomic mass is 35.5. The van der Waals surface area contributed by atoms with Crippen molar-refractivity contribution in [2.45, 2.75) is 6.42 Å². The van der Waals surface area contributed by atoms with Crippen molar-refractivity contribution in [1.29, 1.82) is 0 Å². The van der Waals surface area contributed by atoms with Crippen LogP contribution in [0.3, 0.4) is 0 Å². The van der Waals surface area contributed by atoms with Gasteiger partial charge in [-0.25, -0.2) is 4.42 Å². The van der Waals surface area contributed by atoms with Gasteiger partial charge in [0.15, 0.2) is 5.75 Å². The summed E-state index contributed by atoms with van der Waals surface area (Å²) in [4.78, 5) is 11.6. The Morgan fingerprint density at radius 1 is 1.05 bits per heavy atom. The van der Waals surface area contributed by atoms with Crippen molar-refractivity contribution in [3.63, 3.8) is 0 Å². The molecule has 19 heavy (non-hydrogen) atoms. The number of anilines is 1. The lowest BCUT2D eigenvalue weighted by molar-refractivity contribution is -0.116. The standard InChI is InChI=1S/C14H9Cl2NO2/c15-10-5-1-2-6-11(10)19-12-7-3-4-9-8-13(18)17(16)14(9)12/h1-7H,8H2. The van der Waals surface area contributed by atoms with Gasteiger partial charge in [0.05, 0.1) is 11.4 Å². The number of ether oxygens (including phenoxy) is 1. The van der Waals surface area contributed by atoms with E-state index in [1.165, 1.54) is 0 Å². The molecule has 0 spiro atoms. The molecule has 96 valence electrons. The van der Waals surface area contributed by atoms with Gasteiger partial charge in [0, 0.05) is 11.8 Å². The predicted molar refractivity (Wildman–Crippen MR) is 75.0 cm³/mol. The molecule has 2 aromatic carbocycles. The molecule has 0 bridgehead atoms. The lowest BCUT2D eigenvalue weighted by Crippen LogP contribution is -2.14. The molecule has 1 aliphatic rings. The van der Waals surface area contributed by atoms with Crippen molar-refractivity contribution in [1.82, 2.24) is 0 Å². The number of amides is 1. The minimum absolute atomic E-state index is 0.160. The molecular formula is C14H9Cl2NO2. The van der Waals surface area contributed by atoms with Gasteiger partial charge in [-0.15, -0.1) is 0 Å². The summed E-state index contributed by atoms with van der Waals surface area (Å²) >= 11 is 12.0. The molecule has 0 atom stereocenters. The van der Waals surface area contributed by atoms with E-state index in [4.69, 9.17) is 28.1 Å². The SMILES string of the molecule is O=C1Cc2cccc(Oc3ccccc3Cl)c2N1Cl. The zero-order valence-corrected chi connectivity index (χ0v) is 11.3. The monoisotopic (exact) mass is 293 g/mol. The smallest absolute Gasteiger partial charge is 0.246 e. The highest BCUT2D eigenvalue weighted by Crippen LogP contribution is 2.41. The van der Waals surface area contributed by atoms with Crippen LogP contribution in [0.4, 0.5) is 5.69 Å². The van der Waals surface area contributed by atoms with Crippen LogP contribution < -0.4 is 9.16 Å². The van der Waals surface area contributed by atoms with E-state index in [1.807, 2.05) is 24.3 Å². The summed E-state index contributed by atoms with van der Waals surface area (Å²) in [6, 6.07) is 12.6. The van der Waals surface area contributed by atoms with Gasteiger partial charge in [0.25, 0.3) is 0 Å². The van der Waals surface area contributed by atoms with E-state index < -0.39 is 0 Å². The van der Waals surface area contributed by atoms with Gasteiger partial charge in [0.1, 0.15) is 11.4 Å². The van der Waals surface area contributed by atoms with Gasteiger partial charge >= 0.3 is 0 Å². The Balaban J connectivity index is 2.02. The Kier molecular flexibility index (Phi) is 3.09. The van der Waals surface area contributed by atoms with Crippen LogP contribution in [0.1, 0.15) is 5.56 Å².